The summed E-state index contributed by atoms with van der Waals surface area (Å²) in [5.41, 5.74) is -0.597. The van der Waals surface area contributed by atoms with Gasteiger partial charge in [0.2, 0.25) is 0 Å². The van der Waals surface area contributed by atoms with E-state index in [-0.39, 0.29) is 28.8 Å². The maximum atomic E-state index is 12.3. The van der Waals surface area contributed by atoms with Crippen molar-refractivity contribution in [1.82, 2.24) is 4.90 Å². The van der Waals surface area contributed by atoms with Gasteiger partial charge in [0.15, 0.2) is 0 Å². The van der Waals surface area contributed by atoms with Crippen LogP contribution in [-0.4, -0.2) is 39.4 Å². The molecule has 0 atom stereocenters. The molecule has 1 saturated carbocycles. The van der Waals surface area contributed by atoms with Crippen molar-refractivity contribution in [2.75, 3.05) is 6.54 Å². The zero-order valence-electron chi connectivity index (χ0n) is 10.9. The third-order valence-electron chi connectivity index (χ3n) is 3.21. The molecule has 0 bridgehead atoms. The third kappa shape index (κ3) is 2.76. The largest absolute Gasteiger partial charge is 0.478 e. The summed E-state index contributed by atoms with van der Waals surface area (Å²) >= 11 is 0. The summed E-state index contributed by atoms with van der Waals surface area (Å²) in [6, 6.07) is 3.43. The lowest BCUT2D eigenvalue weighted by molar-refractivity contribution is -0.384. The van der Waals surface area contributed by atoms with E-state index in [1.54, 1.807) is 4.90 Å². The zero-order chi connectivity index (χ0) is 14.9. The molecular weight excluding hydrogens is 264 g/mol. The first-order valence-electron chi connectivity index (χ1n) is 6.27. The molecule has 106 valence electrons. The van der Waals surface area contributed by atoms with Crippen LogP contribution in [0.2, 0.25) is 0 Å². The minimum absolute atomic E-state index is 0.0466. The van der Waals surface area contributed by atoms with Crippen LogP contribution in [0, 0.1) is 10.1 Å². The molecule has 7 nitrogen and oxygen atoms in total. The Morgan fingerprint density at radius 3 is 2.40 bits per heavy atom. The van der Waals surface area contributed by atoms with Crippen LogP contribution in [0.1, 0.15) is 40.5 Å². The predicted octanol–water partition coefficient (Wildman–Crippen LogP) is 1.92. The van der Waals surface area contributed by atoms with Crippen LogP contribution >= 0.6 is 0 Å². The van der Waals surface area contributed by atoms with Crippen LogP contribution in [0.15, 0.2) is 18.2 Å². The van der Waals surface area contributed by atoms with Gasteiger partial charge in [-0.3, -0.25) is 14.9 Å². The number of amides is 1. The number of nitrogens with zero attached hydrogens (tertiary/aromatic N) is 2. The lowest BCUT2D eigenvalue weighted by atomic mass is 10.1. The van der Waals surface area contributed by atoms with Crippen molar-refractivity contribution in [2.24, 2.45) is 0 Å². The maximum absolute atomic E-state index is 12.3. The highest BCUT2D eigenvalue weighted by Crippen LogP contribution is 2.29. The number of carboxylic acid groups (broad SMARTS) is 1. The highest BCUT2D eigenvalue weighted by atomic mass is 16.6. The fraction of sp³-hybridized carbons (Fsp3) is 0.385. The van der Waals surface area contributed by atoms with Crippen LogP contribution in [0.4, 0.5) is 5.69 Å². The van der Waals surface area contributed by atoms with Crippen LogP contribution in [0.5, 0.6) is 0 Å². The molecule has 0 aromatic heterocycles. The SMILES string of the molecule is CCN(C(=O)c1cc(C(=O)O)cc([N+](=O)[O-])c1)C1CC1. The number of hydrogen-bond acceptors (Lipinski definition) is 4. The average molecular weight is 278 g/mol. The minimum Gasteiger partial charge on any atom is -0.478 e. The Hall–Kier alpha value is -2.44. The van der Waals surface area contributed by atoms with Crippen molar-refractivity contribution >= 4 is 17.6 Å². The van der Waals surface area contributed by atoms with Gasteiger partial charge < -0.3 is 10.0 Å². The van der Waals surface area contributed by atoms with E-state index in [0.717, 1.165) is 25.0 Å². The van der Waals surface area contributed by atoms with Gasteiger partial charge in [-0.15, -0.1) is 0 Å². The molecule has 7 heteroatoms. The Morgan fingerprint density at radius 1 is 1.35 bits per heavy atom. The molecule has 2 rings (SSSR count). The van der Waals surface area contributed by atoms with E-state index in [9.17, 15) is 19.7 Å². The van der Waals surface area contributed by atoms with Crippen molar-refractivity contribution in [3.8, 4) is 0 Å². The molecule has 1 N–H and O–H groups in total. The Morgan fingerprint density at radius 2 is 1.95 bits per heavy atom. The molecular formula is C13H14N2O5. The Bertz CT molecular complexity index is 548. The third-order valence-corrected chi connectivity index (χ3v) is 3.21. The number of rotatable bonds is 5. The number of benzene rings is 1. The fourth-order valence-electron chi connectivity index (χ4n) is 2.08. The lowest BCUT2D eigenvalue weighted by Gasteiger charge is -2.20. The highest BCUT2D eigenvalue weighted by molar-refractivity contribution is 5.98. The normalized spacial score (nSPS) is 13.8. The maximum Gasteiger partial charge on any atom is 0.335 e. The van der Waals surface area contributed by atoms with E-state index >= 15 is 0 Å². The summed E-state index contributed by atoms with van der Waals surface area (Å²) in [7, 11) is 0. The molecule has 0 unspecified atom stereocenters. The van der Waals surface area contributed by atoms with E-state index in [2.05, 4.69) is 0 Å². The number of carbonyl (C=O) groups excluding carboxylic acids is 1. The van der Waals surface area contributed by atoms with Crippen LogP contribution < -0.4 is 0 Å². The van der Waals surface area contributed by atoms with Gasteiger partial charge in [0.25, 0.3) is 11.6 Å². The van der Waals surface area contributed by atoms with Crippen molar-refractivity contribution in [2.45, 2.75) is 25.8 Å². The molecule has 0 spiro atoms. The first-order chi connectivity index (χ1) is 9.43. The summed E-state index contributed by atoms with van der Waals surface area (Å²) < 4.78 is 0. The number of nitro benzene ring substituents is 1. The number of aromatic carboxylic acids is 1. The van der Waals surface area contributed by atoms with Gasteiger partial charge in [0.1, 0.15) is 0 Å². The number of non-ortho nitro benzene ring substituents is 1. The molecule has 20 heavy (non-hydrogen) atoms. The molecule has 1 amide bonds. The lowest BCUT2D eigenvalue weighted by Crippen LogP contribution is -2.33. The molecule has 1 fully saturated rings. The van der Waals surface area contributed by atoms with E-state index < -0.39 is 10.9 Å². The van der Waals surface area contributed by atoms with Crippen molar-refractivity contribution < 1.29 is 19.6 Å². The van der Waals surface area contributed by atoms with E-state index in [1.165, 1.54) is 6.07 Å². The van der Waals surface area contributed by atoms with Gasteiger partial charge >= 0.3 is 5.97 Å². The van der Waals surface area contributed by atoms with Gasteiger partial charge in [-0.1, -0.05) is 0 Å². The van der Waals surface area contributed by atoms with Gasteiger partial charge in [-0.2, -0.15) is 0 Å². The van der Waals surface area contributed by atoms with Crippen LogP contribution in [-0.2, 0) is 0 Å². The second kappa shape index (κ2) is 5.28. The summed E-state index contributed by atoms with van der Waals surface area (Å²) in [5, 5.41) is 19.8. The molecule has 0 radical (unpaired) electrons. The second-order valence-corrected chi connectivity index (χ2v) is 4.65. The van der Waals surface area contributed by atoms with Crippen molar-refractivity contribution in [3.05, 3.63) is 39.4 Å². The van der Waals surface area contributed by atoms with Crippen LogP contribution in [0.25, 0.3) is 0 Å². The summed E-state index contributed by atoms with van der Waals surface area (Å²) in [5.74, 6) is -1.65. The first-order valence-corrected chi connectivity index (χ1v) is 6.27. The second-order valence-electron chi connectivity index (χ2n) is 4.65. The fourth-order valence-corrected chi connectivity index (χ4v) is 2.08. The number of carboxylic acids is 1. The van der Waals surface area contributed by atoms with E-state index in [4.69, 9.17) is 5.11 Å². The average Bonchev–Trinajstić information content (AvgIpc) is 3.23. The van der Waals surface area contributed by atoms with Gasteiger partial charge in [-0.25, -0.2) is 4.79 Å². The number of nitro groups is 1. The quantitative estimate of drug-likeness (QED) is 0.655. The first kappa shape index (κ1) is 14.0. The Balaban J connectivity index is 2.41. The Kier molecular flexibility index (Phi) is 3.69. The van der Waals surface area contributed by atoms with Gasteiger partial charge in [0, 0.05) is 30.3 Å². The summed E-state index contributed by atoms with van der Waals surface area (Å²) in [6.45, 7) is 2.32. The van der Waals surface area contributed by atoms with Crippen molar-refractivity contribution in [3.63, 3.8) is 0 Å². The standard InChI is InChI=1S/C13H14N2O5/c1-2-14(10-3-4-10)12(16)8-5-9(13(17)18)7-11(6-8)15(19)20/h5-7,10H,2-4H2,1H3,(H,17,18). The van der Waals surface area contributed by atoms with Gasteiger partial charge in [-0.05, 0) is 25.8 Å². The minimum atomic E-state index is -1.29. The number of carbonyl (C=O) groups is 2. The molecule has 1 aliphatic carbocycles. The topological polar surface area (TPSA) is 101 Å². The molecule has 0 heterocycles. The summed E-state index contributed by atoms with van der Waals surface area (Å²) in [4.78, 5) is 35.0. The molecule has 0 aliphatic heterocycles. The Labute approximate surface area is 115 Å². The van der Waals surface area contributed by atoms with Gasteiger partial charge in [0.05, 0.1) is 10.5 Å². The molecule has 1 aromatic carbocycles. The van der Waals surface area contributed by atoms with E-state index in [1.807, 2.05) is 6.92 Å². The van der Waals surface area contributed by atoms with E-state index in [0.29, 0.717) is 6.54 Å². The highest BCUT2D eigenvalue weighted by Gasteiger charge is 2.32. The zero-order valence-corrected chi connectivity index (χ0v) is 10.9. The summed E-state index contributed by atoms with van der Waals surface area (Å²) in [6.07, 6.45) is 1.83. The monoisotopic (exact) mass is 278 g/mol. The smallest absolute Gasteiger partial charge is 0.335 e. The van der Waals surface area contributed by atoms with Crippen LogP contribution in [0.3, 0.4) is 0 Å². The molecule has 0 saturated heterocycles. The van der Waals surface area contributed by atoms with Crippen molar-refractivity contribution in [1.29, 1.82) is 0 Å². The molecule has 1 aliphatic rings. The number of hydrogen-bond donors (Lipinski definition) is 1. The molecule has 1 aromatic rings. The predicted molar refractivity (Wildman–Crippen MR) is 69.8 cm³/mol.